The molecule has 0 bridgehead atoms. The van der Waals surface area contributed by atoms with Crippen molar-refractivity contribution in [2.75, 3.05) is 13.7 Å². The van der Waals surface area contributed by atoms with Crippen LogP contribution in [0.2, 0.25) is 0 Å². The van der Waals surface area contributed by atoms with Gasteiger partial charge in [-0.2, -0.15) is 0 Å². The summed E-state index contributed by atoms with van der Waals surface area (Å²) in [5, 5.41) is 2.72. The van der Waals surface area contributed by atoms with Crippen molar-refractivity contribution in [1.82, 2.24) is 10.2 Å². The SMILES string of the molecule is COC(=O)[C@@H]1[C@@H](CC(C)C)CCN1C(=O)[C@@H](NC(=O)OC(C)(C)C)C(C)(C)C. The van der Waals surface area contributed by atoms with E-state index in [1.807, 2.05) is 20.8 Å². The van der Waals surface area contributed by atoms with E-state index in [1.54, 1.807) is 25.7 Å². The molecule has 0 saturated carbocycles. The first-order valence-electron chi connectivity index (χ1n) is 10.0. The molecule has 0 spiro atoms. The first kappa shape index (κ1) is 24.2. The average Bonchev–Trinajstić information content (AvgIpc) is 2.91. The Morgan fingerprint density at radius 3 is 2.11 bits per heavy atom. The number of carbonyl (C=O) groups excluding carboxylic acids is 3. The van der Waals surface area contributed by atoms with Gasteiger partial charge in [-0.3, -0.25) is 4.79 Å². The van der Waals surface area contributed by atoms with Crippen LogP contribution in [-0.4, -0.2) is 54.2 Å². The molecule has 0 aromatic heterocycles. The zero-order valence-electron chi connectivity index (χ0n) is 18.9. The Labute approximate surface area is 169 Å². The predicted octanol–water partition coefficient (Wildman–Crippen LogP) is 3.36. The fraction of sp³-hybridized carbons (Fsp3) is 0.857. The largest absolute Gasteiger partial charge is 0.467 e. The number of alkyl carbamates (subject to hydrolysis) is 1. The molecule has 7 heteroatoms. The van der Waals surface area contributed by atoms with Crippen LogP contribution in [0.3, 0.4) is 0 Å². The van der Waals surface area contributed by atoms with E-state index in [9.17, 15) is 14.4 Å². The summed E-state index contributed by atoms with van der Waals surface area (Å²) in [7, 11) is 1.34. The smallest absolute Gasteiger partial charge is 0.408 e. The Balaban J connectivity index is 3.09. The molecule has 0 radical (unpaired) electrons. The molecule has 1 saturated heterocycles. The van der Waals surface area contributed by atoms with Crippen molar-refractivity contribution >= 4 is 18.0 Å². The summed E-state index contributed by atoms with van der Waals surface area (Å²) in [5.41, 5.74) is -1.22. The number of amides is 2. The Kier molecular flexibility index (Phi) is 7.91. The molecular weight excluding hydrogens is 360 g/mol. The van der Waals surface area contributed by atoms with Crippen LogP contribution in [0.25, 0.3) is 0 Å². The highest BCUT2D eigenvalue weighted by Crippen LogP contribution is 2.33. The van der Waals surface area contributed by atoms with Gasteiger partial charge in [-0.15, -0.1) is 0 Å². The maximum absolute atomic E-state index is 13.4. The number of rotatable bonds is 5. The van der Waals surface area contributed by atoms with Gasteiger partial charge in [0.1, 0.15) is 17.7 Å². The third kappa shape index (κ3) is 6.67. The van der Waals surface area contributed by atoms with Gasteiger partial charge in [0, 0.05) is 6.54 Å². The van der Waals surface area contributed by atoms with Crippen LogP contribution < -0.4 is 5.32 Å². The zero-order chi connectivity index (χ0) is 21.9. The molecule has 2 amide bonds. The van der Waals surface area contributed by atoms with E-state index >= 15 is 0 Å². The van der Waals surface area contributed by atoms with Crippen LogP contribution in [0.15, 0.2) is 0 Å². The second-order valence-corrected chi connectivity index (χ2v) is 10.1. The normalized spacial score (nSPS) is 21.4. The Bertz CT molecular complexity index is 574. The molecule has 1 heterocycles. The lowest BCUT2D eigenvalue weighted by molar-refractivity contribution is -0.154. The Morgan fingerprint density at radius 2 is 1.68 bits per heavy atom. The molecule has 162 valence electrons. The van der Waals surface area contributed by atoms with Crippen molar-refractivity contribution < 1.29 is 23.9 Å². The van der Waals surface area contributed by atoms with Crippen LogP contribution >= 0.6 is 0 Å². The van der Waals surface area contributed by atoms with Crippen molar-refractivity contribution in [1.29, 1.82) is 0 Å². The number of methoxy groups -OCH3 is 1. The molecule has 1 N–H and O–H groups in total. The number of ether oxygens (including phenoxy) is 2. The minimum atomic E-state index is -0.813. The van der Waals surface area contributed by atoms with Gasteiger partial charge < -0.3 is 19.7 Å². The molecule has 0 unspecified atom stereocenters. The van der Waals surface area contributed by atoms with Gasteiger partial charge in [0.15, 0.2) is 0 Å². The van der Waals surface area contributed by atoms with Crippen molar-refractivity contribution in [2.45, 2.75) is 85.9 Å². The molecule has 0 aromatic carbocycles. The molecule has 7 nitrogen and oxygen atoms in total. The first-order valence-corrected chi connectivity index (χ1v) is 10.0. The van der Waals surface area contributed by atoms with Crippen LogP contribution in [0.1, 0.15) is 68.2 Å². The second-order valence-electron chi connectivity index (χ2n) is 10.1. The van der Waals surface area contributed by atoms with E-state index in [1.165, 1.54) is 7.11 Å². The van der Waals surface area contributed by atoms with Gasteiger partial charge in [0.25, 0.3) is 0 Å². The third-order valence-electron chi connectivity index (χ3n) is 4.80. The summed E-state index contributed by atoms with van der Waals surface area (Å²) in [4.78, 5) is 39.8. The Hall–Kier alpha value is -1.79. The third-order valence-corrected chi connectivity index (χ3v) is 4.80. The lowest BCUT2D eigenvalue weighted by atomic mass is 9.85. The lowest BCUT2D eigenvalue weighted by Gasteiger charge is -2.36. The van der Waals surface area contributed by atoms with Gasteiger partial charge in [-0.25, -0.2) is 9.59 Å². The molecule has 3 atom stereocenters. The minimum absolute atomic E-state index is 0.0542. The molecule has 1 aliphatic rings. The summed E-state index contributed by atoms with van der Waals surface area (Å²) in [6, 6.07) is -1.43. The van der Waals surface area contributed by atoms with E-state index in [0.717, 1.165) is 12.8 Å². The zero-order valence-corrected chi connectivity index (χ0v) is 18.9. The predicted molar refractivity (Wildman–Crippen MR) is 108 cm³/mol. The number of hydrogen-bond donors (Lipinski definition) is 1. The molecule has 1 aliphatic heterocycles. The highest BCUT2D eigenvalue weighted by molar-refractivity contribution is 5.91. The summed E-state index contributed by atoms with van der Waals surface area (Å²) >= 11 is 0. The number of carbonyl (C=O) groups is 3. The van der Waals surface area contributed by atoms with Crippen molar-refractivity contribution in [3.8, 4) is 0 Å². The molecule has 0 aromatic rings. The number of nitrogens with one attached hydrogen (secondary N) is 1. The summed E-state index contributed by atoms with van der Waals surface area (Å²) in [6.07, 6.45) is 0.935. The summed E-state index contributed by atoms with van der Waals surface area (Å²) in [5.74, 6) is -0.217. The van der Waals surface area contributed by atoms with Gasteiger partial charge >= 0.3 is 12.1 Å². The number of esters is 1. The molecule has 0 aliphatic carbocycles. The van der Waals surface area contributed by atoms with Crippen LogP contribution in [0.4, 0.5) is 4.79 Å². The fourth-order valence-electron chi connectivity index (χ4n) is 3.64. The molecule has 1 rings (SSSR count). The highest BCUT2D eigenvalue weighted by atomic mass is 16.6. The van der Waals surface area contributed by atoms with Crippen molar-refractivity contribution in [2.24, 2.45) is 17.3 Å². The van der Waals surface area contributed by atoms with E-state index in [0.29, 0.717) is 12.5 Å². The number of nitrogens with zero attached hydrogens (tertiary/aromatic N) is 1. The monoisotopic (exact) mass is 398 g/mol. The van der Waals surface area contributed by atoms with Gasteiger partial charge in [0.2, 0.25) is 5.91 Å². The fourth-order valence-corrected chi connectivity index (χ4v) is 3.64. The maximum Gasteiger partial charge on any atom is 0.408 e. The summed E-state index contributed by atoms with van der Waals surface area (Å²) in [6.45, 7) is 15.6. The van der Waals surface area contributed by atoms with E-state index in [2.05, 4.69) is 19.2 Å². The van der Waals surface area contributed by atoms with Crippen molar-refractivity contribution in [3.63, 3.8) is 0 Å². The topological polar surface area (TPSA) is 84.9 Å². The summed E-state index contributed by atoms with van der Waals surface area (Å²) < 4.78 is 10.3. The minimum Gasteiger partial charge on any atom is -0.467 e. The van der Waals surface area contributed by atoms with Gasteiger partial charge in [-0.1, -0.05) is 34.6 Å². The van der Waals surface area contributed by atoms with E-state index in [-0.39, 0.29) is 11.8 Å². The molecular formula is C21H38N2O5. The Morgan fingerprint density at radius 1 is 1.11 bits per heavy atom. The number of hydrogen-bond acceptors (Lipinski definition) is 5. The van der Waals surface area contributed by atoms with Crippen LogP contribution in [0, 0.1) is 17.3 Å². The molecule has 28 heavy (non-hydrogen) atoms. The van der Waals surface area contributed by atoms with Gasteiger partial charge in [-0.05, 0) is 50.9 Å². The first-order chi connectivity index (χ1) is 12.7. The highest BCUT2D eigenvalue weighted by Gasteiger charge is 2.46. The quantitative estimate of drug-likeness (QED) is 0.718. The van der Waals surface area contributed by atoms with E-state index < -0.39 is 35.2 Å². The van der Waals surface area contributed by atoms with Gasteiger partial charge in [0.05, 0.1) is 7.11 Å². The van der Waals surface area contributed by atoms with E-state index in [4.69, 9.17) is 9.47 Å². The van der Waals surface area contributed by atoms with Crippen LogP contribution in [-0.2, 0) is 19.1 Å². The molecule has 1 fully saturated rings. The second kappa shape index (κ2) is 9.14. The average molecular weight is 399 g/mol. The maximum atomic E-state index is 13.4. The number of likely N-dealkylation sites (tertiary alicyclic amines) is 1. The van der Waals surface area contributed by atoms with Crippen LogP contribution in [0.5, 0.6) is 0 Å². The van der Waals surface area contributed by atoms with Crippen molar-refractivity contribution in [3.05, 3.63) is 0 Å². The lowest BCUT2D eigenvalue weighted by Crippen LogP contribution is -2.58. The standard InChI is InChI=1S/C21H38N2O5/c1-13(2)12-14-10-11-23(15(14)18(25)27-9)17(24)16(20(3,4)5)22-19(26)28-21(6,7)8/h13-16H,10-12H2,1-9H3,(H,22,26)/t14-,15+,16-/m1/s1.